The third-order valence-corrected chi connectivity index (χ3v) is 5.38. The maximum atomic E-state index is 12.6. The maximum absolute atomic E-state index is 12.6. The lowest BCUT2D eigenvalue weighted by Gasteiger charge is -2.34. The van der Waals surface area contributed by atoms with Crippen LogP contribution in [0.5, 0.6) is 0 Å². The van der Waals surface area contributed by atoms with Gasteiger partial charge in [-0.1, -0.05) is 13.8 Å². The van der Waals surface area contributed by atoms with Crippen LogP contribution in [-0.2, 0) is 16.6 Å². The highest BCUT2D eigenvalue weighted by Crippen LogP contribution is 2.32. The Morgan fingerprint density at radius 3 is 2.69 bits per heavy atom. The average Bonchev–Trinajstić information content (AvgIpc) is 3.33. The van der Waals surface area contributed by atoms with Crippen molar-refractivity contribution >= 4 is 17.5 Å². The van der Waals surface area contributed by atoms with Crippen LogP contribution in [0.4, 0.5) is 5.69 Å². The fourth-order valence-corrected chi connectivity index (χ4v) is 3.68. The lowest BCUT2D eigenvalue weighted by Crippen LogP contribution is -2.48. The molecular weight excluding hydrogens is 330 g/mol. The van der Waals surface area contributed by atoms with Crippen LogP contribution in [0.1, 0.15) is 38.8 Å². The van der Waals surface area contributed by atoms with Gasteiger partial charge in [-0.3, -0.25) is 19.2 Å². The lowest BCUT2D eigenvalue weighted by atomic mass is 10.0. The Hall–Kier alpha value is -1.89. The summed E-state index contributed by atoms with van der Waals surface area (Å²) in [5, 5.41) is 7.20. The molecule has 1 aromatic heterocycles. The molecule has 3 rings (SSSR count). The van der Waals surface area contributed by atoms with Crippen molar-refractivity contribution in [3.05, 3.63) is 11.9 Å². The number of carbonyl (C=O) groups excluding carboxylic acids is 2. The molecule has 7 heteroatoms. The fraction of sp³-hybridized carbons (Fsp3) is 0.737. The molecule has 2 aliphatic rings. The van der Waals surface area contributed by atoms with Crippen molar-refractivity contribution in [2.24, 2.45) is 18.9 Å². The van der Waals surface area contributed by atoms with Crippen molar-refractivity contribution < 1.29 is 9.59 Å². The molecule has 1 aromatic rings. The zero-order valence-corrected chi connectivity index (χ0v) is 16.4. The normalized spacial score (nSPS) is 22.0. The zero-order valence-electron chi connectivity index (χ0n) is 16.4. The smallest absolute Gasteiger partial charge is 0.238 e. The first-order valence-electron chi connectivity index (χ1n) is 9.65. The molecule has 0 bridgehead atoms. The van der Waals surface area contributed by atoms with Crippen molar-refractivity contribution in [3.63, 3.8) is 0 Å². The summed E-state index contributed by atoms with van der Waals surface area (Å²) in [7, 11) is 1.84. The number of aryl methyl sites for hydroxylation is 2. The van der Waals surface area contributed by atoms with Gasteiger partial charge in [-0.05, 0) is 31.6 Å². The van der Waals surface area contributed by atoms with E-state index in [0.29, 0.717) is 31.3 Å². The summed E-state index contributed by atoms with van der Waals surface area (Å²) in [6.07, 6.45) is 4.79. The average molecular weight is 361 g/mol. The Balaban J connectivity index is 1.63. The van der Waals surface area contributed by atoms with E-state index in [1.54, 1.807) is 4.68 Å². The highest BCUT2D eigenvalue weighted by molar-refractivity contribution is 5.92. The van der Waals surface area contributed by atoms with Gasteiger partial charge in [0.15, 0.2) is 0 Å². The topological polar surface area (TPSA) is 70.5 Å². The summed E-state index contributed by atoms with van der Waals surface area (Å²) in [5.41, 5.74) is 1.56. The SMILES string of the molecule is Cc1nn(C)cc1NC(=O)CN1CCC(=O)N(CC2CC2)[C@@H](C(C)C)C1. The number of nitrogens with one attached hydrogen (secondary N) is 1. The second-order valence-corrected chi connectivity index (χ2v) is 8.14. The van der Waals surface area contributed by atoms with Gasteiger partial charge in [0, 0.05) is 45.3 Å². The first kappa shape index (κ1) is 18.9. The van der Waals surface area contributed by atoms with E-state index in [1.807, 2.05) is 20.2 Å². The minimum Gasteiger partial charge on any atom is -0.338 e. The van der Waals surface area contributed by atoms with Crippen LogP contribution in [0.25, 0.3) is 0 Å². The minimum atomic E-state index is -0.0494. The van der Waals surface area contributed by atoms with E-state index >= 15 is 0 Å². The van der Waals surface area contributed by atoms with Crippen LogP contribution in [-0.4, -0.2) is 63.6 Å². The summed E-state index contributed by atoms with van der Waals surface area (Å²) in [6, 6.07) is 0.179. The molecule has 1 saturated heterocycles. The van der Waals surface area contributed by atoms with E-state index in [9.17, 15) is 9.59 Å². The van der Waals surface area contributed by atoms with Crippen molar-refractivity contribution in [2.75, 3.05) is 31.5 Å². The van der Waals surface area contributed by atoms with Crippen LogP contribution >= 0.6 is 0 Å². The molecule has 0 unspecified atom stereocenters. The maximum Gasteiger partial charge on any atom is 0.238 e. The third kappa shape index (κ3) is 4.63. The van der Waals surface area contributed by atoms with E-state index in [2.05, 4.69) is 34.1 Å². The van der Waals surface area contributed by atoms with E-state index < -0.39 is 0 Å². The molecule has 1 saturated carbocycles. The van der Waals surface area contributed by atoms with Gasteiger partial charge in [0.1, 0.15) is 0 Å². The number of hydrogen-bond acceptors (Lipinski definition) is 4. The molecule has 2 amide bonds. The molecular formula is C19H31N5O2. The van der Waals surface area contributed by atoms with Crippen LogP contribution in [0, 0.1) is 18.8 Å². The quantitative estimate of drug-likeness (QED) is 0.836. The second kappa shape index (κ2) is 7.78. The van der Waals surface area contributed by atoms with Gasteiger partial charge in [0.25, 0.3) is 0 Å². The van der Waals surface area contributed by atoms with Gasteiger partial charge in [0.05, 0.1) is 17.9 Å². The molecule has 0 aromatic carbocycles. The number of anilines is 1. The number of aromatic nitrogens is 2. The Morgan fingerprint density at radius 2 is 2.12 bits per heavy atom. The summed E-state index contributed by atoms with van der Waals surface area (Å²) in [4.78, 5) is 29.4. The zero-order chi connectivity index (χ0) is 18.8. The molecule has 0 radical (unpaired) electrons. The summed E-state index contributed by atoms with van der Waals surface area (Å²) in [5.74, 6) is 1.25. The van der Waals surface area contributed by atoms with Crippen LogP contribution in [0.3, 0.4) is 0 Å². The van der Waals surface area contributed by atoms with Gasteiger partial charge < -0.3 is 10.2 Å². The largest absolute Gasteiger partial charge is 0.338 e. The van der Waals surface area contributed by atoms with E-state index in [1.165, 1.54) is 12.8 Å². The molecule has 2 fully saturated rings. The number of carbonyl (C=O) groups is 2. The highest BCUT2D eigenvalue weighted by atomic mass is 16.2. The van der Waals surface area contributed by atoms with Gasteiger partial charge >= 0.3 is 0 Å². The Bertz CT molecular complexity index is 665. The molecule has 7 nitrogen and oxygen atoms in total. The molecule has 1 atom stereocenters. The highest BCUT2D eigenvalue weighted by Gasteiger charge is 2.35. The number of nitrogens with zero attached hydrogens (tertiary/aromatic N) is 4. The van der Waals surface area contributed by atoms with Crippen molar-refractivity contribution in [3.8, 4) is 0 Å². The summed E-state index contributed by atoms with van der Waals surface area (Å²) < 4.78 is 1.69. The molecule has 1 aliphatic heterocycles. The second-order valence-electron chi connectivity index (χ2n) is 8.14. The van der Waals surface area contributed by atoms with Crippen molar-refractivity contribution in [2.45, 2.75) is 46.1 Å². The third-order valence-electron chi connectivity index (χ3n) is 5.38. The van der Waals surface area contributed by atoms with Gasteiger partial charge in [0.2, 0.25) is 11.8 Å². The number of amides is 2. The van der Waals surface area contributed by atoms with Crippen molar-refractivity contribution in [1.29, 1.82) is 0 Å². The fourth-order valence-electron chi connectivity index (χ4n) is 3.68. The van der Waals surface area contributed by atoms with Crippen LogP contribution < -0.4 is 5.32 Å². The van der Waals surface area contributed by atoms with Gasteiger partial charge in [-0.2, -0.15) is 5.10 Å². The predicted octanol–water partition coefficient (Wildman–Crippen LogP) is 1.64. The van der Waals surface area contributed by atoms with E-state index in [-0.39, 0.29) is 17.9 Å². The predicted molar refractivity (Wildman–Crippen MR) is 101 cm³/mol. The number of hydrogen-bond donors (Lipinski definition) is 1. The molecule has 0 spiro atoms. The first-order chi connectivity index (χ1) is 12.3. The molecule has 1 N–H and O–H groups in total. The molecule has 1 aliphatic carbocycles. The van der Waals surface area contributed by atoms with Gasteiger partial charge in [-0.25, -0.2) is 0 Å². The van der Waals surface area contributed by atoms with Gasteiger partial charge in [-0.15, -0.1) is 0 Å². The monoisotopic (exact) mass is 361 g/mol. The standard InChI is InChI=1S/C19H31N5O2/c1-13(2)17-11-23(8-7-19(26)24(17)9-15-5-6-15)12-18(25)20-16-10-22(4)21-14(16)3/h10,13,15,17H,5-9,11-12H2,1-4H3,(H,20,25)/t17-/m1/s1. The summed E-state index contributed by atoms with van der Waals surface area (Å²) in [6.45, 7) is 8.81. The van der Waals surface area contributed by atoms with Crippen molar-refractivity contribution in [1.82, 2.24) is 19.6 Å². The van der Waals surface area contributed by atoms with E-state index in [4.69, 9.17) is 0 Å². The first-order valence-corrected chi connectivity index (χ1v) is 9.65. The summed E-state index contributed by atoms with van der Waals surface area (Å²) >= 11 is 0. The number of rotatable bonds is 6. The van der Waals surface area contributed by atoms with Crippen LogP contribution in [0.15, 0.2) is 6.20 Å². The van der Waals surface area contributed by atoms with E-state index in [0.717, 1.165) is 24.5 Å². The minimum absolute atomic E-state index is 0.0494. The van der Waals surface area contributed by atoms with Crippen LogP contribution in [0.2, 0.25) is 0 Å². The Morgan fingerprint density at radius 1 is 1.38 bits per heavy atom. The Labute approximate surface area is 155 Å². The lowest BCUT2D eigenvalue weighted by molar-refractivity contribution is -0.133. The molecule has 2 heterocycles. The molecule has 144 valence electrons. The Kier molecular flexibility index (Phi) is 5.65. The molecule has 26 heavy (non-hydrogen) atoms.